The molecule has 154 valence electrons. The zero-order valence-corrected chi connectivity index (χ0v) is 16.1. The maximum Gasteiger partial charge on any atom is 0.416 e. The Labute approximate surface area is 170 Å². The number of anilines is 2. The molecule has 0 amide bonds. The van der Waals surface area contributed by atoms with Crippen LogP contribution in [0.25, 0.3) is 22.2 Å². The first-order valence-electron chi connectivity index (χ1n) is 9.59. The number of H-pyrrole nitrogens is 1. The Bertz CT molecular complexity index is 1220. The number of nitrogens with zero attached hydrogens (tertiary/aromatic N) is 3. The molecule has 4 heterocycles. The predicted molar refractivity (Wildman–Crippen MR) is 108 cm³/mol. The van der Waals surface area contributed by atoms with Gasteiger partial charge < -0.3 is 15.6 Å². The molecule has 3 aromatic heterocycles. The first kappa shape index (κ1) is 18.7. The van der Waals surface area contributed by atoms with Crippen LogP contribution < -0.4 is 10.6 Å². The fourth-order valence-corrected chi connectivity index (χ4v) is 3.93. The van der Waals surface area contributed by atoms with Crippen molar-refractivity contribution in [2.45, 2.75) is 26.2 Å². The Kier molecular flexibility index (Phi) is 4.28. The van der Waals surface area contributed by atoms with Crippen LogP contribution in [0, 0.1) is 6.92 Å². The maximum atomic E-state index is 12.9. The van der Waals surface area contributed by atoms with Crippen molar-refractivity contribution in [1.82, 2.24) is 25.1 Å². The number of aromatic amines is 1. The Balaban J connectivity index is 1.63. The third-order valence-corrected chi connectivity index (χ3v) is 5.37. The summed E-state index contributed by atoms with van der Waals surface area (Å²) in [6, 6.07) is 6.94. The zero-order chi connectivity index (χ0) is 20.9. The molecule has 5 rings (SSSR count). The molecule has 0 spiro atoms. The minimum atomic E-state index is -4.36. The van der Waals surface area contributed by atoms with Crippen LogP contribution in [0.2, 0.25) is 0 Å². The van der Waals surface area contributed by atoms with Crippen LogP contribution in [-0.4, -0.2) is 26.3 Å². The molecule has 0 fully saturated rings. The molecule has 0 saturated heterocycles. The van der Waals surface area contributed by atoms with Crippen molar-refractivity contribution in [3.8, 4) is 11.1 Å². The van der Waals surface area contributed by atoms with Gasteiger partial charge in [-0.1, -0.05) is 0 Å². The molecular formula is C21H19F3N6. The number of aryl methyl sites for hydroxylation is 1. The van der Waals surface area contributed by atoms with Gasteiger partial charge in [0.25, 0.3) is 0 Å². The second kappa shape index (κ2) is 6.88. The molecule has 0 unspecified atom stereocenters. The van der Waals surface area contributed by atoms with E-state index in [2.05, 4.69) is 20.6 Å². The van der Waals surface area contributed by atoms with Crippen LogP contribution >= 0.6 is 0 Å². The number of nitrogens with one attached hydrogen (secondary N) is 3. The monoisotopic (exact) mass is 412 g/mol. The van der Waals surface area contributed by atoms with E-state index >= 15 is 0 Å². The number of rotatable bonds is 3. The average molecular weight is 412 g/mol. The molecule has 1 aliphatic rings. The van der Waals surface area contributed by atoms with E-state index in [1.165, 1.54) is 12.1 Å². The van der Waals surface area contributed by atoms with Gasteiger partial charge in [0.2, 0.25) is 0 Å². The average Bonchev–Trinajstić information content (AvgIpc) is 3.28. The Morgan fingerprint density at radius 2 is 1.93 bits per heavy atom. The number of pyridine rings is 1. The van der Waals surface area contributed by atoms with Crippen molar-refractivity contribution in [2.75, 3.05) is 11.9 Å². The molecule has 30 heavy (non-hydrogen) atoms. The Morgan fingerprint density at radius 1 is 1.13 bits per heavy atom. The summed E-state index contributed by atoms with van der Waals surface area (Å²) < 4.78 is 40.6. The highest BCUT2D eigenvalue weighted by molar-refractivity contribution is 5.99. The van der Waals surface area contributed by atoms with Gasteiger partial charge in [-0.15, -0.1) is 0 Å². The van der Waals surface area contributed by atoms with E-state index in [-0.39, 0.29) is 0 Å². The lowest BCUT2D eigenvalue weighted by Crippen LogP contribution is -2.28. The van der Waals surface area contributed by atoms with Gasteiger partial charge in [-0.2, -0.15) is 18.3 Å². The van der Waals surface area contributed by atoms with Crippen molar-refractivity contribution >= 4 is 22.5 Å². The minimum Gasteiger partial charge on any atom is -0.346 e. The molecule has 9 heteroatoms. The van der Waals surface area contributed by atoms with Crippen molar-refractivity contribution in [3.63, 3.8) is 0 Å². The number of aromatic nitrogens is 4. The van der Waals surface area contributed by atoms with Crippen LogP contribution in [0.4, 0.5) is 24.7 Å². The van der Waals surface area contributed by atoms with Gasteiger partial charge in [0.15, 0.2) is 5.82 Å². The van der Waals surface area contributed by atoms with Crippen LogP contribution in [-0.2, 0) is 19.3 Å². The smallest absolute Gasteiger partial charge is 0.346 e. The molecule has 0 radical (unpaired) electrons. The number of hydrogen-bond acceptors (Lipinski definition) is 4. The fourth-order valence-electron chi connectivity index (χ4n) is 3.93. The van der Waals surface area contributed by atoms with Gasteiger partial charge in [-0.3, -0.25) is 4.68 Å². The second-order valence-corrected chi connectivity index (χ2v) is 7.32. The van der Waals surface area contributed by atoms with Crippen LogP contribution in [0.3, 0.4) is 0 Å². The Hall–Kier alpha value is -3.33. The highest BCUT2D eigenvalue weighted by Crippen LogP contribution is 2.39. The van der Waals surface area contributed by atoms with Gasteiger partial charge >= 0.3 is 6.18 Å². The van der Waals surface area contributed by atoms with E-state index in [1.807, 2.05) is 23.9 Å². The van der Waals surface area contributed by atoms with Gasteiger partial charge in [-0.25, -0.2) is 4.98 Å². The summed E-state index contributed by atoms with van der Waals surface area (Å²) in [5, 5.41) is 12.3. The van der Waals surface area contributed by atoms with Crippen molar-refractivity contribution in [3.05, 3.63) is 59.5 Å². The highest BCUT2D eigenvalue weighted by atomic mass is 19.4. The zero-order valence-electron chi connectivity index (χ0n) is 16.1. The lowest BCUT2D eigenvalue weighted by atomic mass is 10.0. The van der Waals surface area contributed by atoms with Gasteiger partial charge in [-0.05, 0) is 42.8 Å². The summed E-state index contributed by atoms with van der Waals surface area (Å²) in [7, 11) is 0. The quantitative estimate of drug-likeness (QED) is 0.460. The Morgan fingerprint density at radius 3 is 2.70 bits per heavy atom. The summed E-state index contributed by atoms with van der Waals surface area (Å²) in [6.45, 7) is 4.20. The van der Waals surface area contributed by atoms with Crippen molar-refractivity contribution in [1.29, 1.82) is 0 Å². The molecule has 0 aliphatic carbocycles. The molecule has 4 aromatic rings. The molecule has 0 saturated carbocycles. The van der Waals surface area contributed by atoms with Crippen LogP contribution in [0.5, 0.6) is 0 Å². The van der Waals surface area contributed by atoms with Gasteiger partial charge in [0.05, 0.1) is 17.8 Å². The third-order valence-electron chi connectivity index (χ3n) is 5.37. The fraction of sp³-hybridized carbons (Fsp3) is 0.238. The summed E-state index contributed by atoms with van der Waals surface area (Å²) in [6.07, 6.45) is -0.703. The molecule has 3 N–H and O–H groups in total. The molecule has 1 aliphatic heterocycles. The molecular weight excluding hydrogens is 393 g/mol. The number of benzene rings is 1. The van der Waals surface area contributed by atoms with Crippen LogP contribution in [0.1, 0.15) is 16.8 Å². The molecule has 0 bridgehead atoms. The van der Waals surface area contributed by atoms with Crippen molar-refractivity contribution in [2.24, 2.45) is 0 Å². The van der Waals surface area contributed by atoms with Gasteiger partial charge in [0, 0.05) is 47.7 Å². The molecule has 0 atom stereocenters. The standard InChI is InChI=1S/C21H19F3N6/c1-12-10-27-19-17(12)15(6-7-26-19)18-16-11-25-8-9-30(16)29-20(18)28-14-4-2-13(3-5-14)21(22,23)24/h2-7,10,25H,8-9,11H2,1H3,(H,26,27)(H,28,29). The maximum absolute atomic E-state index is 12.9. The van der Waals surface area contributed by atoms with E-state index in [0.717, 1.165) is 58.6 Å². The van der Waals surface area contributed by atoms with E-state index in [1.54, 1.807) is 6.20 Å². The minimum absolute atomic E-state index is 0.545. The second-order valence-electron chi connectivity index (χ2n) is 7.32. The molecule has 1 aromatic carbocycles. The largest absolute Gasteiger partial charge is 0.416 e. The first-order valence-corrected chi connectivity index (χ1v) is 9.59. The summed E-state index contributed by atoms with van der Waals surface area (Å²) >= 11 is 0. The SMILES string of the molecule is Cc1c[nH]c2nccc(-c3c(Nc4ccc(C(F)(F)F)cc4)nn4c3CNCC4)c12. The van der Waals surface area contributed by atoms with Gasteiger partial charge in [0.1, 0.15) is 5.65 Å². The van der Waals surface area contributed by atoms with Crippen LogP contribution in [0.15, 0.2) is 42.7 Å². The topological polar surface area (TPSA) is 70.6 Å². The number of alkyl halides is 3. The predicted octanol–water partition coefficient (Wildman–Crippen LogP) is 4.60. The number of fused-ring (bicyclic) bond motifs is 2. The van der Waals surface area contributed by atoms with E-state index in [9.17, 15) is 13.2 Å². The lowest BCUT2D eigenvalue weighted by molar-refractivity contribution is -0.137. The summed E-state index contributed by atoms with van der Waals surface area (Å²) in [5.74, 6) is 0.613. The van der Waals surface area contributed by atoms with E-state index in [4.69, 9.17) is 5.10 Å². The molecule has 6 nitrogen and oxygen atoms in total. The van der Waals surface area contributed by atoms with E-state index in [0.29, 0.717) is 18.1 Å². The van der Waals surface area contributed by atoms with E-state index < -0.39 is 11.7 Å². The third kappa shape index (κ3) is 3.11. The number of halogens is 3. The highest BCUT2D eigenvalue weighted by Gasteiger charge is 2.30. The lowest BCUT2D eigenvalue weighted by Gasteiger charge is -2.16. The normalized spacial score (nSPS) is 14.1. The summed E-state index contributed by atoms with van der Waals surface area (Å²) in [4.78, 5) is 7.58. The summed E-state index contributed by atoms with van der Waals surface area (Å²) in [5.41, 5.74) is 4.66. The number of hydrogen-bond donors (Lipinski definition) is 3. The first-order chi connectivity index (χ1) is 14.4. The van der Waals surface area contributed by atoms with Crippen molar-refractivity contribution < 1.29 is 13.2 Å².